The Morgan fingerprint density at radius 2 is 1.78 bits per heavy atom. The van der Waals surface area contributed by atoms with Crippen molar-refractivity contribution in [2.45, 2.75) is 32.4 Å². The highest BCUT2D eigenvalue weighted by Gasteiger charge is 2.37. The number of hydrogen-bond donors (Lipinski definition) is 0. The molecule has 0 bridgehead atoms. The highest BCUT2D eigenvalue weighted by atomic mass is 19.4. The lowest BCUT2D eigenvalue weighted by molar-refractivity contribution is -0.385. The predicted molar refractivity (Wildman–Crippen MR) is 74.7 cm³/mol. The molecule has 0 fully saturated rings. The molecule has 2 aromatic rings. The van der Waals surface area contributed by atoms with Crippen LogP contribution in [0.3, 0.4) is 0 Å². The number of nitro benzene ring substituents is 1. The Balaban J connectivity index is 2.71. The number of hydrogen-bond acceptors (Lipinski definition) is 4. The van der Waals surface area contributed by atoms with E-state index >= 15 is 0 Å². The highest BCUT2D eigenvalue weighted by Crippen LogP contribution is 2.36. The van der Waals surface area contributed by atoms with Gasteiger partial charge in [0.05, 0.1) is 16.2 Å². The Bertz CT molecular complexity index is 813. The summed E-state index contributed by atoms with van der Waals surface area (Å²) in [6.45, 7) is 5.20. The van der Waals surface area contributed by atoms with Gasteiger partial charge < -0.3 is 4.52 Å². The number of halogens is 3. The molecule has 0 N–H and O–H groups in total. The third kappa shape index (κ3) is 3.27. The summed E-state index contributed by atoms with van der Waals surface area (Å²) in [5.74, 6) is 0.203. The molecule has 0 atom stereocenters. The average molecular weight is 330 g/mol. The van der Waals surface area contributed by atoms with Crippen molar-refractivity contribution in [3.05, 3.63) is 56.1 Å². The lowest BCUT2D eigenvalue weighted by atomic mass is 9.94. The van der Waals surface area contributed by atoms with Gasteiger partial charge in [-0.1, -0.05) is 20.8 Å². The quantitative estimate of drug-likeness (QED) is 0.622. The second-order valence-corrected chi connectivity index (χ2v) is 5.94. The number of aromatic nitrogens is 1. The topological polar surface area (TPSA) is 78.3 Å². The number of benzene rings is 1. The van der Waals surface area contributed by atoms with E-state index in [1.807, 2.05) is 0 Å². The summed E-state index contributed by atoms with van der Waals surface area (Å²) >= 11 is 0. The summed E-state index contributed by atoms with van der Waals surface area (Å²) in [6, 6.07) is 3.21. The summed E-state index contributed by atoms with van der Waals surface area (Å²) in [5, 5.41) is 10.7. The molecule has 2 rings (SSSR count). The zero-order chi connectivity index (χ0) is 17.6. The lowest BCUT2D eigenvalue weighted by Gasteiger charge is -2.14. The van der Waals surface area contributed by atoms with Gasteiger partial charge in [-0.05, 0) is 6.07 Å². The maximum Gasteiger partial charge on any atom is 0.418 e. The standard InChI is InChI=1S/C14H13F3N2O4/c1-13(2,3)11-7-12(20)18(23-11)10-5-4-8(19(21)22)6-9(10)14(15,16)17/h4-7H,1-3H3. The average Bonchev–Trinajstić information content (AvgIpc) is 2.79. The molecule has 1 heterocycles. The van der Waals surface area contributed by atoms with E-state index in [4.69, 9.17) is 4.52 Å². The van der Waals surface area contributed by atoms with Crippen LogP contribution >= 0.6 is 0 Å². The maximum absolute atomic E-state index is 13.2. The van der Waals surface area contributed by atoms with Crippen molar-refractivity contribution >= 4 is 5.69 Å². The van der Waals surface area contributed by atoms with Crippen LogP contribution in [0.25, 0.3) is 5.69 Å². The Morgan fingerprint density at radius 3 is 2.22 bits per heavy atom. The van der Waals surface area contributed by atoms with Crippen molar-refractivity contribution in [2.75, 3.05) is 0 Å². The molecule has 124 valence electrons. The normalized spacial score (nSPS) is 12.4. The van der Waals surface area contributed by atoms with Gasteiger partial charge in [-0.15, -0.1) is 4.74 Å². The van der Waals surface area contributed by atoms with Crippen molar-refractivity contribution in [3.8, 4) is 5.69 Å². The first-order valence-corrected chi connectivity index (χ1v) is 6.51. The molecule has 9 heteroatoms. The molecule has 1 aromatic carbocycles. The van der Waals surface area contributed by atoms with Crippen molar-refractivity contribution in [1.29, 1.82) is 0 Å². The van der Waals surface area contributed by atoms with Gasteiger partial charge >= 0.3 is 6.18 Å². The van der Waals surface area contributed by atoms with Gasteiger partial charge in [0, 0.05) is 23.6 Å². The van der Waals surface area contributed by atoms with Crippen LogP contribution < -0.4 is 5.56 Å². The van der Waals surface area contributed by atoms with E-state index in [9.17, 15) is 28.1 Å². The van der Waals surface area contributed by atoms with Gasteiger partial charge in [0.1, 0.15) is 5.76 Å². The van der Waals surface area contributed by atoms with Crippen molar-refractivity contribution < 1.29 is 22.6 Å². The SMILES string of the molecule is CC(C)(C)c1cc(=O)n(-c2ccc([N+](=O)[O-])cc2C(F)(F)F)o1. The van der Waals surface area contributed by atoms with Crippen molar-refractivity contribution in [1.82, 2.24) is 4.74 Å². The van der Waals surface area contributed by atoms with Gasteiger partial charge in [0.25, 0.3) is 11.2 Å². The molecule has 0 amide bonds. The fraction of sp³-hybridized carbons (Fsp3) is 0.357. The largest absolute Gasteiger partial charge is 0.418 e. The summed E-state index contributed by atoms with van der Waals surface area (Å²) < 4.78 is 45.2. The third-order valence-corrected chi connectivity index (χ3v) is 3.10. The van der Waals surface area contributed by atoms with E-state index in [2.05, 4.69) is 0 Å². The summed E-state index contributed by atoms with van der Waals surface area (Å²) in [5.41, 5.74) is -4.00. The minimum atomic E-state index is -4.88. The van der Waals surface area contributed by atoms with E-state index in [0.29, 0.717) is 10.8 Å². The fourth-order valence-corrected chi connectivity index (χ4v) is 1.90. The van der Waals surface area contributed by atoms with Crippen molar-refractivity contribution in [2.24, 2.45) is 0 Å². The molecule has 0 saturated carbocycles. The molecule has 1 aromatic heterocycles. The molecular weight excluding hydrogens is 317 g/mol. The smallest absolute Gasteiger partial charge is 0.375 e. The Labute approximate surface area is 128 Å². The Hall–Kier alpha value is -2.58. The number of alkyl halides is 3. The van der Waals surface area contributed by atoms with Gasteiger partial charge in [-0.2, -0.15) is 13.2 Å². The van der Waals surface area contributed by atoms with E-state index in [-0.39, 0.29) is 5.76 Å². The van der Waals surface area contributed by atoms with Crippen LogP contribution in [0, 0.1) is 10.1 Å². The minimum Gasteiger partial charge on any atom is -0.375 e. The van der Waals surface area contributed by atoms with Gasteiger partial charge in [-0.3, -0.25) is 14.9 Å². The van der Waals surface area contributed by atoms with Crippen LogP contribution in [0.2, 0.25) is 0 Å². The van der Waals surface area contributed by atoms with Crippen LogP contribution in [0.5, 0.6) is 0 Å². The molecular formula is C14H13F3N2O4. The van der Waals surface area contributed by atoms with Crippen LogP contribution in [-0.4, -0.2) is 9.66 Å². The molecule has 0 aliphatic carbocycles. The molecule has 0 aliphatic rings. The van der Waals surface area contributed by atoms with Gasteiger partial charge in [0.2, 0.25) is 0 Å². The van der Waals surface area contributed by atoms with Crippen LogP contribution in [0.1, 0.15) is 32.1 Å². The Morgan fingerprint density at radius 1 is 1.17 bits per heavy atom. The second-order valence-electron chi connectivity index (χ2n) is 5.94. The molecule has 0 saturated heterocycles. The first-order chi connectivity index (χ1) is 10.4. The lowest BCUT2D eigenvalue weighted by Crippen LogP contribution is -2.17. The Kier molecular flexibility index (Phi) is 3.83. The minimum absolute atomic E-state index is 0.203. The molecule has 6 nitrogen and oxygen atoms in total. The van der Waals surface area contributed by atoms with E-state index in [1.165, 1.54) is 0 Å². The molecule has 23 heavy (non-hydrogen) atoms. The summed E-state index contributed by atoms with van der Waals surface area (Å²) in [4.78, 5) is 21.7. The van der Waals surface area contributed by atoms with E-state index < -0.39 is 39.0 Å². The highest BCUT2D eigenvalue weighted by molar-refractivity contribution is 5.49. The summed E-state index contributed by atoms with van der Waals surface area (Å²) in [6.07, 6.45) is -4.88. The van der Waals surface area contributed by atoms with Gasteiger partial charge in [-0.25, -0.2) is 0 Å². The first kappa shape index (κ1) is 16.8. The van der Waals surface area contributed by atoms with Crippen LogP contribution in [-0.2, 0) is 11.6 Å². The molecule has 0 radical (unpaired) electrons. The number of nitrogens with zero attached hydrogens (tertiary/aromatic N) is 2. The van der Waals surface area contributed by atoms with E-state index in [1.54, 1.807) is 20.8 Å². The number of nitro groups is 1. The van der Waals surface area contributed by atoms with Crippen molar-refractivity contribution in [3.63, 3.8) is 0 Å². The zero-order valence-corrected chi connectivity index (χ0v) is 12.5. The van der Waals surface area contributed by atoms with E-state index in [0.717, 1.165) is 18.2 Å². The first-order valence-electron chi connectivity index (χ1n) is 6.51. The fourth-order valence-electron chi connectivity index (χ4n) is 1.90. The monoisotopic (exact) mass is 330 g/mol. The maximum atomic E-state index is 13.2. The molecule has 0 aliphatic heterocycles. The number of non-ortho nitro benzene ring substituents is 1. The second kappa shape index (κ2) is 5.25. The van der Waals surface area contributed by atoms with Gasteiger partial charge in [0.15, 0.2) is 0 Å². The summed E-state index contributed by atoms with van der Waals surface area (Å²) in [7, 11) is 0. The molecule has 0 unspecified atom stereocenters. The predicted octanol–water partition coefficient (Wildman–Crippen LogP) is 3.66. The third-order valence-electron chi connectivity index (χ3n) is 3.10. The van der Waals surface area contributed by atoms with Crippen LogP contribution in [0.4, 0.5) is 18.9 Å². The zero-order valence-electron chi connectivity index (χ0n) is 12.5. The van der Waals surface area contributed by atoms with Crippen LogP contribution in [0.15, 0.2) is 33.6 Å². The number of rotatable bonds is 2. The molecule has 0 spiro atoms.